The lowest BCUT2D eigenvalue weighted by atomic mass is 10.1. The largest absolute Gasteiger partial charge is 0.452 e. The van der Waals surface area contributed by atoms with E-state index in [1.54, 1.807) is 0 Å². The summed E-state index contributed by atoms with van der Waals surface area (Å²) in [5.41, 5.74) is -0.0890. The van der Waals surface area contributed by atoms with Gasteiger partial charge in [-0.25, -0.2) is 9.59 Å². The fourth-order valence-electron chi connectivity index (χ4n) is 1.70. The van der Waals surface area contributed by atoms with Gasteiger partial charge in [0.15, 0.2) is 6.61 Å². The van der Waals surface area contributed by atoms with E-state index in [9.17, 15) is 24.5 Å². The smallest absolute Gasteiger partial charge is 0.339 e. The Hall–Kier alpha value is -2.97. The zero-order chi connectivity index (χ0) is 17.4. The maximum Gasteiger partial charge on any atom is 0.339 e. The van der Waals surface area contributed by atoms with Gasteiger partial charge in [-0.05, 0) is 19.4 Å². The van der Waals surface area contributed by atoms with E-state index in [1.165, 1.54) is 25.1 Å². The summed E-state index contributed by atoms with van der Waals surface area (Å²) >= 11 is 0. The molecule has 0 fully saturated rings. The van der Waals surface area contributed by atoms with Crippen LogP contribution in [-0.4, -0.2) is 36.0 Å². The molecule has 0 aliphatic carbocycles. The fourth-order valence-corrected chi connectivity index (χ4v) is 1.70. The number of hydrogen-bond acceptors (Lipinski definition) is 6. The molecule has 0 radical (unpaired) electrons. The van der Waals surface area contributed by atoms with Crippen LogP contribution < -0.4 is 10.6 Å². The van der Waals surface area contributed by atoms with Crippen LogP contribution >= 0.6 is 0 Å². The van der Waals surface area contributed by atoms with Gasteiger partial charge in [-0.2, -0.15) is 0 Å². The van der Waals surface area contributed by atoms with Gasteiger partial charge in [-0.15, -0.1) is 0 Å². The quantitative estimate of drug-likeness (QED) is 0.461. The van der Waals surface area contributed by atoms with Crippen molar-refractivity contribution in [3.8, 4) is 0 Å². The number of ether oxygens (including phenoxy) is 1. The number of amides is 3. The zero-order valence-corrected chi connectivity index (χ0v) is 12.8. The molecule has 0 aliphatic heterocycles. The minimum absolute atomic E-state index is 0.0116. The van der Waals surface area contributed by atoms with Crippen LogP contribution in [0.3, 0.4) is 0 Å². The van der Waals surface area contributed by atoms with Gasteiger partial charge < -0.3 is 10.1 Å². The third-order valence-electron chi connectivity index (χ3n) is 2.84. The number of carbonyl (C=O) groups is 3. The summed E-state index contributed by atoms with van der Waals surface area (Å²) in [6, 6.07) is 3.28. The molecule has 0 saturated heterocycles. The first-order chi connectivity index (χ1) is 10.9. The lowest BCUT2D eigenvalue weighted by molar-refractivity contribution is -0.385. The van der Waals surface area contributed by atoms with Gasteiger partial charge in [-0.3, -0.25) is 20.2 Å². The SMILES string of the molecule is CCCNC(=O)NC(=O)COC(=O)c1cccc([N+](=O)[O-])c1C. The lowest BCUT2D eigenvalue weighted by Crippen LogP contribution is -2.41. The van der Waals surface area contributed by atoms with Gasteiger partial charge in [0.1, 0.15) is 0 Å². The first-order valence-corrected chi connectivity index (χ1v) is 6.85. The molecule has 0 bridgehead atoms. The number of carbonyl (C=O) groups excluding carboxylic acids is 3. The summed E-state index contributed by atoms with van der Waals surface area (Å²) in [7, 11) is 0. The molecular weight excluding hydrogens is 306 g/mol. The van der Waals surface area contributed by atoms with Gasteiger partial charge in [0.05, 0.1) is 10.5 Å². The average molecular weight is 323 g/mol. The summed E-state index contributed by atoms with van der Waals surface area (Å²) in [5.74, 6) is -1.68. The predicted molar refractivity (Wildman–Crippen MR) is 79.9 cm³/mol. The second-order valence-corrected chi connectivity index (χ2v) is 4.59. The number of nitrogens with one attached hydrogen (secondary N) is 2. The molecule has 1 rings (SSSR count). The molecule has 0 saturated carbocycles. The van der Waals surface area contributed by atoms with E-state index in [0.29, 0.717) is 13.0 Å². The summed E-state index contributed by atoms with van der Waals surface area (Å²) in [5, 5.41) is 15.2. The van der Waals surface area contributed by atoms with E-state index in [1.807, 2.05) is 12.2 Å². The highest BCUT2D eigenvalue weighted by Crippen LogP contribution is 2.21. The van der Waals surface area contributed by atoms with Crippen molar-refractivity contribution in [2.75, 3.05) is 13.2 Å². The Kier molecular flexibility index (Phi) is 6.66. The molecule has 0 aliphatic rings. The Morgan fingerprint density at radius 1 is 1.30 bits per heavy atom. The number of esters is 1. The van der Waals surface area contributed by atoms with Crippen molar-refractivity contribution in [2.45, 2.75) is 20.3 Å². The van der Waals surface area contributed by atoms with Crippen molar-refractivity contribution in [3.05, 3.63) is 39.4 Å². The molecule has 0 heterocycles. The molecule has 0 spiro atoms. The van der Waals surface area contributed by atoms with Crippen molar-refractivity contribution in [2.24, 2.45) is 0 Å². The Morgan fingerprint density at radius 3 is 2.61 bits per heavy atom. The van der Waals surface area contributed by atoms with Crippen LogP contribution in [0.15, 0.2) is 18.2 Å². The number of benzene rings is 1. The van der Waals surface area contributed by atoms with Crippen LogP contribution in [0.4, 0.5) is 10.5 Å². The van der Waals surface area contributed by atoms with Gasteiger partial charge in [0, 0.05) is 18.2 Å². The van der Waals surface area contributed by atoms with Crippen LogP contribution in [-0.2, 0) is 9.53 Å². The number of rotatable bonds is 6. The molecule has 0 unspecified atom stereocenters. The summed E-state index contributed by atoms with van der Waals surface area (Å²) in [6.07, 6.45) is 0.711. The van der Waals surface area contributed by atoms with Gasteiger partial charge >= 0.3 is 12.0 Å². The molecule has 9 nitrogen and oxygen atoms in total. The van der Waals surface area contributed by atoms with Crippen LogP contribution in [0.25, 0.3) is 0 Å². The number of nitrogens with zero attached hydrogens (tertiary/aromatic N) is 1. The van der Waals surface area contributed by atoms with Crippen molar-refractivity contribution in [1.82, 2.24) is 10.6 Å². The van der Waals surface area contributed by atoms with E-state index < -0.39 is 29.4 Å². The minimum Gasteiger partial charge on any atom is -0.452 e. The van der Waals surface area contributed by atoms with Crippen LogP contribution in [0, 0.1) is 17.0 Å². The van der Waals surface area contributed by atoms with E-state index >= 15 is 0 Å². The van der Waals surface area contributed by atoms with E-state index in [0.717, 1.165) is 0 Å². The minimum atomic E-state index is -0.879. The maximum atomic E-state index is 11.9. The molecule has 0 atom stereocenters. The second-order valence-electron chi connectivity index (χ2n) is 4.59. The Balaban J connectivity index is 2.61. The highest BCUT2D eigenvalue weighted by Gasteiger charge is 2.20. The third-order valence-corrected chi connectivity index (χ3v) is 2.84. The maximum absolute atomic E-state index is 11.9. The lowest BCUT2D eigenvalue weighted by Gasteiger charge is -2.08. The van der Waals surface area contributed by atoms with E-state index in [-0.39, 0.29) is 16.8 Å². The monoisotopic (exact) mass is 323 g/mol. The normalized spacial score (nSPS) is 9.83. The second kappa shape index (κ2) is 8.47. The zero-order valence-electron chi connectivity index (χ0n) is 12.8. The Bertz CT molecular complexity index is 629. The highest BCUT2D eigenvalue weighted by molar-refractivity contribution is 5.97. The predicted octanol–water partition coefficient (Wildman–Crippen LogP) is 1.30. The third kappa shape index (κ3) is 5.38. The van der Waals surface area contributed by atoms with Crippen molar-refractivity contribution in [3.63, 3.8) is 0 Å². The van der Waals surface area contributed by atoms with Crippen molar-refractivity contribution >= 4 is 23.6 Å². The molecule has 23 heavy (non-hydrogen) atoms. The fraction of sp³-hybridized carbons (Fsp3) is 0.357. The molecule has 0 aromatic heterocycles. The molecular formula is C14H17N3O6. The molecule has 124 valence electrons. The summed E-state index contributed by atoms with van der Waals surface area (Å²) in [6.45, 7) is 3.00. The Labute approximate surface area is 132 Å². The summed E-state index contributed by atoms with van der Waals surface area (Å²) < 4.78 is 4.76. The molecule has 2 N–H and O–H groups in total. The molecule has 1 aromatic carbocycles. The Morgan fingerprint density at radius 2 is 2.00 bits per heavy atom. The molecule has 9 heteroatoms. The first kappa shape index (κ1) is 18.1. The number of nitro groups is 1. The average Bonchev–Trinajstić information content (AvgIpc) is 2.50. The van der Waals surface area contributed by atoms with E-state index in [4.69, 9.17) is 4.74 Å². The standard InChI is InChI=1S/C14H17N3O6/c1-3-7-15-14(20)16-12(18)8-23-13(19)10-5-4-6-11(9(10)2)17(21)22/h4-6H,3,7-8H2,1-2H3,(H2,15,16,18,20). The van der Waals surface area contributed by atoms with Crippen LogP contribution in [0.2, 0.25) is 0 Å². The molecule has 3 amide bonds. The number of urea groups is 1. The first-order valence-electron chi connectivity index (χ1n) is 6.85. The van der Waals surface area contributed by atoms with Gasteiger partial charge in [-0.1, -0.05) is 13.0 Å². The van der Waals surface area contributed by atoms with Gasteiger partial charge in [0.25, 0.3) is 11.6 Å². The van der Waals surface area contributed by atoms with Gasteiger partial charge in [0.2, 0.25) is 0 Å². The van der Waals surface area contributed by atoms with E-state index in [2.05, 4.69) is 5.32 Å². The highest BCUT2D eigenvalue weighted by atomic mass is 16.6. The van der Waals surface area contributed by atoms with Crippen molar-refractivity contribution in [1.29, 1.82) is 0 Å². The number of imide groups is 1. The van der Waals surface area contributed by atoms with Crippen LogP contribution in [0.1, 0.15) is 29.3 Å². The number of nitro benzene ring substituents is 1. The van der Waals surface area contributed by atoms with Crippen LogP contribution in [0.5, 0.6) is 0 Å². The van der Waals surface area contributed by atoms with Crippen molar-refractivity contribution < 1.29 is 24.0 Å². The number of hydrogen-bond donors (Lipinski definition) is 2. The summed E-state index contributed by atoms with van der Waals surface area (Å²) in [4.78, 5) is 44.8. The topological polar surface area (TPSA) is 128 Å². The molecule has 1 aromatic rings.